The zero-order chi connectivity index (χ0) is 22.8. The van der Waals surface area contributed by atoms with Gasteiger partial charge in [0.05, 0.1) is 0 Å². The Bertz CT molecular complexity index is 613. The topological polar surface area (TPSA) is 77.6 Å². The Labute approximate surface area is 246 Å². The Kier molecular flexibility index (Phi) is 25.9. The number of rotatable bonds is 1. The van der Waals surface area contributed by atoms with Gasteiger partial charge in [-0.2, -0.15) is 0 Å². The molecule has 2 aliphatic carbocycles. The van der Waals surface area contributed by atoms with Crippen LogP contribution in [0.15, 0.2) is 44.6 Å². The molecular weight excluding hydrogens is 527 g/mol. The van der Waals surface area contributed by atoms with Gasteiger partial charge < -0.3 is 40.5 Å². The average Bonchev–Trinajstić information content (AvgIpc) is 2.85. The second-order valence-electron chi connectivity index (χ2n) is 9.27. The second kappa shape index (κ2) is 18.1. The van der Waals surface area contributed by atoms with E-state index < -0.39 is 11.2 Å². The normalized spacial score (nSPS) is 16.4. The number of hydrogen-bond acceptors (Lipinski definition) is 2. The summed E-state index contributed by atoms with van der Waals surface area (Å²) < 4.78 is 0. The summed E-state index contributed by atoms with van der Waals surface area (Å²) in [5, 5.41) is 21.6. The molecule has 7 heteroatoms. The molecule has 0 saturated heterocycles. The second-order valence-corrected chi connectivity index (χ2v) is 9.27. The monoisotopic (exact) mass is 570 g/mol. The van der Waals surface area contributed by atoms with Crippen molar-refractivity contribution in [2.24, 2.45) is 0 Å². The van der Waals surface area contributed by atoms with Crippen molar-refractivity contribution in [2.45, 2.75) is 108 Å². The van der Waals surface area contributed by atoms with Gasteiger partial charge in [-0.15, -0.1) is 11.2 Å². The molecule has 2 aliphatic rings. The van der Waals surface area contributed by atoms with E-state index in [0.29, 0.717) is 0 Å². The maximum Gasteiger partial charge on any atom is 2.00 e. The average molecular weight is 571 g/mol. The van der Waals surface area contributed by atoms with Gasteiger partial charge in [0.2, 0.25) is 0 Å². The Morgan fingerprint density at radius 1 is 0.394 bits per heavy atom. The smallest absolute Gasteiger partial charge is 1.00 e. The summed E-state index contributed by atoms with van der Waals surface area (Å²) in [5.41, 5.74) is 9.00. The Hall–Kier alpha value is 0.849. The third-order valence-corrected chi connectivity index (χ3v) is 7.07. The van der Waals surface area contributed by atoms with E-state index in [9.17, 15) is 10.2 Å². The van der Waals surface area contributed by atoms with Crippen molar-refractivity contribution in [1.82, 2.24) is 0 Å². The van der Waals surface area contributed by atoms with Crippen molar-refractivity contribution < 1.29 is 83.9 Å². The molecule has 0 heterocycles. The predicted octanol–water partition coefficient (Wildman–Crippen LogP) is -1.02. The van der Waals surface area contributed by atoms with Crippen molar-refractivity contribution in [1.29, 1.82) is 0 Å². The molecule has 0 aromatic heterocycles. The quantitative estimate of drug-likeness (QED) is 0.378. The standard InChI is InChI=1S/2C10H15.C6H12O2.2ClH.H2O.2Ti/c2*1-6-7(2)9(4)10(5)8(6)3;1-5(2,7)6(3,4)8;;;;;/h2*1-5H3;1-4H3;2*1H;1H2;;/q;;-2;;;;2*+2/p-2. The van der Waals surface area contributed by atoms with Crippen molar-refractivity contribution >= 4 is 0 Å². The SMILES string of the molecule is CC(C)([O-])C(C)(C)[O-].C[C]1C(C)=C(C)C(C)=C1C.C[C]1C(C)=C(C)C(C)=C1C.O.[Cl-].[Cl-].[Ti+2].[Ti+2]. The van der Waals surface area contributed by atoms with Gasteiger partial charge in [-0.1, -0.05) is 63.8 Å². The van der Waals surface area contributed by atoms with Crippen LogP contribution < -0.4 is 35.0 Å². The maximum atomic E-state index is 10.8. The van der Waals surface area contributed by atoms with Crippen molar-refractivity contribution in [3.63, 3.8) is 0 Å². The van der Waals surface area contributed by atoms with E-state index in [0.717, 1.165) is 0 Å². The first kappa shape index (κ1) is 47.1. The number of halogens is 2. The molecule has 2 N–H and O–H groups in total. The zero-order valence-electron chi connectivity index (χ0n) is 23.1. The molecule has 33 heavy (non-hydrogen) atoms. The first-order valence-electron chi connectivity index (χ1n) is 10.2. The van der Waals surface area contributed by atoms with E-state index in [1.807, 2.05) is 0 Å². The van der Waals surface area contributed by atoms with Crippen LogP contribution in [0.2, 0.25) is 0 Å². The van der Waals surface area contributed by atoms with Gasteiger partial charge in [-0.05, 0) is 77.7 Å². The van der Waals surface area contributed by atoms with Crippen LogP contribution in [0.3, 0.4) is 0 Å². The molecule has 0 saturated carbocycles. The summed E-state index contributed by atoms with van der Waals surface area (Å²) in [6, 6.07) is 0. The Balaban J connectivity index is -0.0000000776. The van der Waals surface area contributed by atoms with Gasteiger partial charge >= 0.3 is 43.4 Å². The first-order chi connectivity index (χ1) is 12.4. The molecule has 0 aliphatic heterocycles. The van der Waals surface area contributed by atoms with Crippen LogP contribution >= 0.6 is 0 Å². The van der Waals surface area contributed by atoms with E-state index in [-0.39, 0.29) is 73.7 Å². The molecule has 2 radical (unpaired) electrons. The molecule has 2 rings (SSSR count). The van der Waals surface area contributed by atoms with E-state index in [1.165, 1.54) is 84.1 Å². The van der Waals surface area contributed by atoms with Crippen molar-refractivity contribution in [3.8, 4) is 0 Å². The minimum atomic E-state index is -1.37. The van der Waals surface area contributed by atoms with Crippen LogP contribution in [0.25, 0.3) is 0 Å². The first-order valence-corrected chi connectivity index (χ1v) is 10.2. The molecule has 0 aromatic rings. The van der Waals surface area contributed by atoms with Gasteiger partial charge in [-0.25, -0.2) is 0 Å². The minimum absolute atomic E-state index is 0. The third-order valence-electron chi connectivity index (χ3n) is 7.07. The summed E-state index contributed by atoms with van der Waals surface area (Å²) >= 11 is 0. The molecule has 3 nitrogen and oxygen atoms in total. The largest absolute Gasteiger partial charge is 2.00 e. The van der Waals surface area contributed by atoms with Gasteiger partial charge in [0.25, 0.3) is 0 Å². The molecule has 188 valence electrons. The minimum Gasteiger partial charge on any atom is -1.00 e. The van der Waals surface area contributed by atoms with Crippen LogP contribution in [0.1, 0.15) is 96.9 Å². The van der Waals surface area contributed by atoms with Crippen molar-refractivity contribution in [3.05, 3.63) is 56.4 Å². The van der Waals surface area contributed by atoms with Gasteiger partial charge in [0.1, 0.15) is 0 Å². The van der Waals surface area contributed by atoms with E-state index >= 15 is 0 Å². The predicted molar refractivity (Wildman–Crippen MR) is 123 cm³/mol. The van der Waals surface area contributed by atoms with Crippen molar-refractivity contribution in [2.75, 3.05) is 0 Å². The summed E-state index contributed by atoms with van der Waals surface area (Å²) in [6.45, 7) is 27.6. The molecule has 0 fully saturated rings. The number of hydrogen-bond donors (Lipinski definition) is 0. The van der Waals surface area contributed by atoms with Gasteiger partial charge in [0.15, 0.2) is 0 Å². The van der Waals surface area contributed by atoms with E-state index in [1.54, 1.807) is 0 Å². The van der Waals surface area contributed by atoms with E-state index in [2.05, 4.69) is 69.2 Å². The van der Waals surface area contributed by atoms with Gasteiger partial charge in [-0.3, -0.25) is 0 Å². The Morgan fingerprint density at radius 3 is 0.545 bits per heavy atom. The summed E-state index contributed by atoms with van der Waals surface area (Å²) in [4.78, 5) is 0. The summed E-state index contributed by atoms with van der Waals surface area (Å²) in [6.07, 6.45) is 0. The van der Waals surface area contributed by atoms with E-state index in [4.69, 9.17) is 0 Å². The van der Waals surface area contributed by atoms with Crippen LogP contribution in [0, 0.1) is 11.8 Å². The fraction of sp³-hybridized carbons (Fsp3) is 0.615. The van der Waals surface area contributed by atoms with Crippen LogP contribution in [0.5, 0.6) is 0 Å². The fourth-order valence-corrected chi connectivity index (χ4v) is 2.81. The summed E-state index contributed by atoms with van der Waals surface area (Å²) in [7, 11) is 0. The number of allylic oxidation sites excluding steroid dienone is 8. The van der Waals surface area contributed by atoms with Crippen LogP contribution in [0.4, 0.5) is 0 Å². The van der Waals surface area contributed by atoms with Crippen LogP contribution in [-0.2, 0) is 43.4 Å². The molecule has 0 spiro atoms. The molecule has 0 bridgehead atoms. The molecule has 0 unspecified atom stereocenters. The van der Waals surface area contributed by atoms with Gasteiger partial charge in [0, 0.05) is 11.8 Å². The Morgan fingerprint density at radius 2 is 0.515 bits per heavy atom. The molecule has 0 atom stereocenters. The molecule has 0 amide bonds. The summed E-state index contributed by atoms with van der Waals surface area (Å²) in [5.74, 6) is 2.94. The zero-order valence-corrected chi connectivity index (χ0v) is 27.7. The molecular formula is C26H44Cl2O3Ti2. The third kappa shape index (κ3) is 12.6. The maximum absolute atomic E-state index is 10.8. The molecule has 0 aromatic carbocycles. The fourth-order valence-electron chi connectivity index (χ4n) is 2.81. The van der Waals surface area contributed by atoms with Crippen LogP contribution in [-0.4, -0.2) is 16.7 Å².